The summed E-state index contributed by atoms with van der Waals surface area (Å²) in [6.07, 6.45) is 1.38. The molecule has 0 fully saturated rings. The number of rotatable bonds is 7. The van der Waals surface area contributed by atoms with Gasteiger partial charge in [0, 0.05) is 13.2 Å². The van der Waals surface area contributed by atoms with Crippen molar-refractivity contribution in [3.05, 3.63) is 38.9 Å². The molecule has 0 heterocycles. The zero-order chi connectivity index (χ0) is 16.0. The molecule has 21 heavy (non-hydrogen) atoms. The Labute approximate surface area is 128 Å². The van der Waals surface area contributed by atoms with Crippen molar-refractivity contribution in [2.75, 3.05) is 13.2 Å². The van der Waals surface area contributed by atoms with Crippen molar-refractivity contribution < 1.29 is 14.8 Å². The number of carbonyl (C=O) groups is 1. The van der Waals surface area contributed by atoms with Crippen molar-refractivity contribution in [1.29, 1.82) is 0 Å². The summed E-state index contributed by atoms with van der Waals surface area (Å²) in [6.45, 7) is 4.36. The molecule has 1 amide bonds. The summed E-state index contributed by atoms with van der Waals surface area (Å²) < 4.78 is 0. The van der Waals surface area contributed by atoms with Crippen LogP contribution in [-0.2, 0) is 0 Å². The van der Waals surface area contributed by atoms with E-state index in [0.29, 0.717) is 13.0 Å². The molecule has 0 aliphatic rings. The lowest BCUT2D eigenvalue weighted by atomic mass is 9.88. The molecule has 0 spiro atoms. The molecule has 6 nitrogen and oxygen atoms in total. The van der Waals surface area contributed by atoms with E-state index < -0.39 is 10.8 Å². The van der Waals surface area contributed by atoms with Gasteiger partial charge in [0.05, 0.1) is 4.92 Å². The SMILES string of the molecule is CC(C)(CCCO)CNC(=O)c1cccc(Cl)c1[N+](=O)[O-]. The average molecular weight is 315 g/mol. The molecule has 7 heteroatoms. The van der Waals surface area contributed by atoms with Gasteiger partial charge in [-0.1, -0.05) is 31.5 Å². The van der Waals surface area contributed by atoms with E-state index in [1.165, 1.54) is 18.2 Å². The quantitative estimate of drug-likeness (QED) is 0.598. The third-order valence-corrected chi connectivity index (χ3v) is 3.46. The highest BCUT2D eigenvalue weighted by Gasteiger charge is 2.25. The maximum absolute atomic E-state index is 12.1. The van der Waals surface area contributed by atoms with Gasteiger partial charge in [-0.3, -0.25) is 14.9 Å². The molecule has 0 saturated carbocycles. The standard InChI is InChI=1S/C14H19ClN2O4/c1-14(2,7-4-8-18)9-16-13(19)10-5-3-6-11(15)12(10)17(20)21/h3,5-6,18H,4,7-9H2,1-2H3,(H,16,19). The molecule has 2 N–H and O–H groups in total. The molecule has 1 rings (SSSR count). The number of amides is 1. The van der Waals surface area contributed by atoms with Crippen LogP contribution in [0.1, 0.15) is 37.0 Å². The summed E-state index contributed by atoms with van der Waals surface area (Å²) in [5.74, 6) is -0.527. The van der Waals surface area contributed by atoms with E-state index in [1.807, 2.05) is 13.8 Å². The maximum atomic E-state index is 12.1. The zero-order valence-corrected chi connectivity index (χ0v) is 12.8. The first-order chi connectivity index (χ1) is 9.78. The lowest BCUT2D eigenvalue weighted by Crippen LogP contribution is -2.34. The number of nitro groups is 1. The Morgan fingerprint density at radius 2 is 2.14 bits per heavy atom. The molecule has 0 aliphatic carbocycles. The second kappa shape index (κ2) is 7.38. The van der Waals surface area contributed by atoms with E-state index >= 15 is 0 Å². The van der Waals surface area contributed by atoms with Crippen LogP contribution in [0.2, 0.25) is 5.02 Å². The molecule has 0 radical (unpaired) electrons. The van der Waals surface area contributed by atoms with Gasteiger partial charge in [0.25, 0.3) is 5.91 Å². The number of benzene rings is 1. The minimum atomic E-state index is -0.659. The van der Waals surface area contributed by atoms with Crippen LogP contribution in [0.5, 0.6) is 0 Å². The van der Waals surface area contributed by atoms with Gasteiger partial charge < -0.3 is 10.4 Å². The van der Waals surface area contributed by atoms with Gasteiger partial charge in [-0.15, -0.1) is 0 Å². The minimum absolute atomic E-state index is 0.0505. The number of aliphatic hydroxyl groups excluding tert-OH is 1. The Kier molecular flexibility index (Phi) is 6.11. The number of hydrogen-bond donors (Lipinski definition) is 2. The second-order valence-electron chi connectivity index (χ2n) is 5.57. The molecule has 0 bridgehead atoms. The number of carbonyl (C=O) groups excluding carboxylic acids is 1. The average Bonchev–Trinajstić information content (AvgIpc) is 2.42. The fourth-order valence-corrected chi connectivity index (χ4v) is 2.19. The van der Waals surface area contributed by atoms with Crippen molar-refractivity contribution in [1.82, 2.24) is 5.32 Å². The number of nitro benzene ring substituents is 1. The maximum Gasteiger partial charge on any atom is 0.300 e. The molecule has 1 aromatic carbocycles. The third-order valence-electron chi connectivity index (χ3n) is 3.15. The van der Waals surface area contributed by atoms with Gasteiger partial charge in [-0.05, 0) is 30.4 Å². The van der Waals surface area contributed by atoms with Crippen molar-refractivity contribution in [3.8, 4) is 0 Å². The summed E-state index contributed by atoms with van der Waals surface area (Å²) in [6, 6.07) is 4.25. The summed E-state index contributed by atoms with van der Waals surface area (Å²) in [5.41, 5.74) is -0.638. The van der Waals surface area contributed by atoms with Crippen LogP contribution >= 0.6 is 11.6 Å². The van der Waals surface area contributed by atoms with E-state index in [0.717, 1.165) is 6.42 Å². The van der Waals surface area contributed by atoms with Crippen molar-refractivity contribution in [3.63, 3.8) is 0 Å². The molecule has 0 saturated heterocycles. The predicted molar refractivity (Wildman–Crippen MR) is 80.5 cm³/mol. The van der Waals surface area contributed by atoms with Gasteiger partial charge in [0.1, 0.15) is 10.6 Å². The Morgan fingerprint density at radius 3 is 2.71 bits per heavy atom. The van der Waals surface area contributed by atoms with Gasteiger partial charge in [0.15, 0.2) is 0 Å². The minimum Gasteiger partial charge on any atom is -0.396 e. The second-order valence-corrected chi connectivity index (χ2v) is 5.97. The first-order valence-electron chi connectivity index (χ1n) is 6.60. The van der Waals surface area contributed by atoms with Gasteiger partial charge >= 0.3 is 5.69 Å². The Morgan fingerprint density at radius 1 is 1.48 bits per heavy atom. The number of para-hydroxylation sites is 1. The Bertz CT molecular complexity index is 532. The normalized spacial score (nSPS) is 11.2. The van der Waals surface area contributed by atoms with E-state index in [2.05, 4.69) is 5.32 Å². The number of halogens is 1. The van der Waals surface area contributed by atoms with Crippen LogP contribution in [0.25, 0.3) is 0 Å². The van der Waals surface area contributed by atoms with Gasteiger partial charge in [-0.25, -0.2) is 0 Å². The van der Waals surface area contributed by atoms with Crippen LogP contribution in [0.4, 0.5) is 5.69 Å². The van der Waals surface area contributed by atoms with E-state index in [-0.39, 0.29) is 28.3 Å². The lowest BCUT2D eigenvalue weighted by molar-refractivity contribution is -0.385. The Hall–Kier alpha value is -1.66. The topological polar surface area (TPSA) is 92.5 Å². The largest absolute Gasteiger partial charge is 0.396 e. The molecular formula is C14H19ClN2O4. The van der Waals surface area contributed by atoms with Crippen LogP contribution in [0.3, 0.4) is 0 Å². The predicted octanol–water partition coefficient (Wildman–Crippen LogP) is 2.78. The number of aliphatic hydroxyl groups is 1. The van der Waals surface area contributed by atoms with Gasteiger partial charge in [-0.2, -0.15) is 0 Å². The molecule has 1 aromatic rings. The van der Waals surface area contributed by atoms with Crippen LogP contribution in [0.15, 0.2) is 18.2 Å². The smallest absolute Gasteiger partial charge is 0.300 e. The van der Waals surface area contributed by atoms with Crippen LogP contribution in [-0.4, -0.2) is 29.1 Å². The third kappa shape index (κ3) is 4.99. The summed E-state index contributed by atoms with van der Waals surface area (Å²) in [4.78, 5) is 22.5. The highest BCUT2D eigenvalue weighted by atomic mass is 35.5. The number of nitrogens with zero attached hydrogens (tertiary/aromatic N) is 1. The summed E-state index contributed by atoms with van der Waals surface area (Å²) in [7, 11) is 0. The fraction of sp³-hybridized carbons (Fsp3) is 0.500. The fourth-order valence-electron chi connectivity index (χ4n) is 1.94. The first-order valence-corrected chi connectivity index (χ1v) is 6.98. The van der Waals surface area contributed by atoms with Gasteiger partial charge in [0.2, 0.25) is 0 Å². The first kappa shape index (κ1) is 17.4. The monoisotopic (exact) mass is 314 g/mol. The highest BCUT2D eigenvalue weighted by Crippen LogP contribution is 2.28. The van der Waals surface area contributed by atoms with E-state index in [4.69, 9.17) is 16.7 Å². The molecule has 116 valence electrons. The zero-order valence-electron chi connectivity index (χ0n) is 12.1. The molecule has 0 aliphatic heterocycles. The molecule has 0 unspecified atom stereocenters. The molecule has 0 aromatic heterocycles. The van der Waals surface area contributed by atoms with Crippen molar-refractivity contribution >= 4 is 23.2 Å². The van der Waals surface area contributed by atoms with E-state index in [9.17, 15) is 14.9 Å². The van der Waals surface area contributed by atoms with E-state index in [1.54, 1.807) is 0 Å². The molecular weight excluding hydrogens is 296 g/mol. The van der Waals surface area contributed by atoms with Crippen molar-refractivity contribution in [2.45, 2.75) is 26.7 Å². The van der Waals surface area contributed by atoms with Crippen LogP contribution < -0.4 is 5.32 Å². The Balaban J connectivity index is 2.82. The van der Waals surface area contributed by atoms with Crippen LogP contribution in [0, 0.1) is 15.5 Å². The number of nitrogens with one attached hydrogen (secondary N) is 1. The highest BCUT2D eigenvalue weighted by molar-refractivity contribution is 6.33. The lowest BCUT2D eigenvalue weighted by Gasteiger charge is -2.24. The molecule has 0 atom stereocenters. The number of hydrogen-bond acceptors (Lipinski definition) is 4. The summed E-state index contributed by atoms with van der Waals surface area (Å²) >= 11 is 5.78. The van der Waals surface area contributed by atoms with Crippen molar-refractivity contribution in [2.24, 2.45) is 5.41 Å². The summed E-state index contributed by atoms with van der Waals surface area (Å²) in [5, 5.41) is 22.5.